The molecule has 3 heterocycles. The highest BCUT2D eigenvalue weighted by Crippen LogP contribution is 2.31. The van der Waals surface area contributed by atoms with Gasteiger partial charge >= 0.3 is 0 Å². The van der Waals surface area contributed by atoms with Gasteiger partial charge in [-0.05, 0) is 44.9 Å². The Morgan fingerprint density at radius 1 is 1.19 bits per heavy atom. The number of hydrogen-bond donors (Lipinski definition) is 2. The Balaban J connectivity index is 1.75. The average Bonchev–Trinajstić information content (AvgIpc) is 3.09. The van der Waals surface area contributed by atoms with E-state index in [-0.39, 0.29) is 24.4 Å². The number of amides is 2. The van der Waals surface area contributed by atoms with Crippen LogP contribution in [-0.4, -0.2) is 44.8 Å². The van der Waals surface area contributed by atoms with Gasteiger partial charge in [0, 0.05) is 24.9 Å². The fourth-order valence-electron chi connectivity index (χ4n) is 3.28. The molecule has 0 radical (unpaired) electrons. The van der Waals surface area contributed by atoms with Crippen LogP contribution in [0.5, 0.6) is 0 Å². The molecule has 1 aliphatic heterocycles. The Morgan fingerprint density at radius 2 is 1.93 bits per heavy atom. The predicted molar refractivity (Wildman–Crippen MR) is 101 cm³/mol. The first-order chi connectivity index (χ1) is 12.9. The largest absolute Gasteiger partial charge is 0.347 e. The zero-order valence-electron chi connectivity index (χ0n) is 15.8. The molecule has 0 saturated carbocycles. The molecule has 2 N–H and O–H groups in total. The van der Waals surface area contributed by atoms with Gasteiger partial charge in [0.05, 0.1) is 18.3 Å². The lowest BCUT2D eigenvalue weighted by Gasteiger charge is -2.24. The first-order valence-electron chi connectivity index (χ1n) is 9.02. The lowest BCUT2D eigenvalue weighted by molar-refractivity contribution is -0.133. The Kier molecular flexibility index (Phi) is 5.63. The average molecular weight is 368 g/mol. The van der Waals surface area contributed by atoms with Crippen molar-refractivity contribution in [2.45, 2.75) is 39.7 Å². The van der Waals surface area contributed by atoms with Crippen LogP contribution < -0.4 is 10.6 Å². The van der Waals surface area contributed by atoms with Crippen LogP contribution in [-0.2, 0) is 9.59 Å². The van der Waals surface area contributed by atoms with Crippen molar-refractivity contribution in [3.8, 4) is 0 Å². The molecule has 0 bridgehead atoms. The second-order valence-electron chi connectivity index (χ2n) is 6.70. The predicted octanol–water partition coefficient (Wildman–Crippen LogP) is 2.03. The topological polar surface area (TPSA) is 100 Å². The molecule has 0 spiro atoms. The number of nitrogens with zero attached hydrogens (tertiary/aromatic N) is 4. The van der Waals surface area contributed by atoms with Crippen LogP contribution in [0.1, 0.15) is 42.9 Å². The van der Waals surface area contributed by atoms with Crippen LogP contribution in [0, 0.1) is 13.8 Å². The molecule has 142 valence electrons. The highest BCUT2D eigenvalue weighted by Gasteiger charge is 2.30. The number of nitrogens with one attached hydrogen (secondary N) is 2. The maximum atomic E-state index is 12.4. The summed E-state index contributed by atoms with van der Waals surface area (Å²) in [5.74, 6) is 0.836. The molecule has 1 aliphatic rings. The van der Waals surface area contributed by atoms with Crippen molar-refractivity contribution in [3.63, 3.8) is 0 Å². The van der Waals surface area contributed by atoms with Crippen molar-refractivity contribution in [2.24, 2.45) is 0 Å². The van der Waals surface area contributed by atoms with Crippen LogP contribution in [0.3, 0.4) is 0 Å². The third-order valence-corrected chi connectivity index (χ3v) is 4.40. The summed E-state index contributed by atoms with van der Waals surface area (Å²) in [5.41, 5.74) is 2.58. The number of aryl methyl sites for hydroxylation is 2. The molecule has 1 saturated heterocycles. The number of pyridine rings is 1. The van der Waals surface area contributed by atoms with Crippen molar-refractivity contribution in [1.82, 2.24) is 25.2 Å². The van der Waals surface area contributed by atoms with Gasteiger partial charge in [0.2, 0.25) is 17.8 Å². The number of carbonyl (C=O) groups is 2. The molecule has 2 aromatic rings. The van der Waals surface area contributed by atoms with E-state index >= 15 is 0 Å². The molecule has 1 atom stereocenters. The minimum Gasteiger partial charge on any atom is -0.347 e. The first-order valence-corrected chi connectivity index (χ1v) is 9.02. The van der Waals surface area contributed by atoms with E-state index in [0.29, 0.717) is 18.3 Å². The lowest BCUT2D eigenvalue weighted by Crippen LogP contribution is -2.39. The minimum atomic E-state index is -0.211. The number of rotatable bonds is 5. The van der Waals surface area contributed by atoms with Crippen LogP contribution in [0.2, 0.25) is 0 Å². The van der Waals surface area contributed by atoms with Gasteiger partial charge in [-0.1, -0.05) is 6.07 Å². The number of aromatic nitrogens is 3. The molecular formula is C19H24N6O2. The SMILES string of the molecule is CC(=O)NCC(=O)N1CCCC1c1cccc(Nc2nc(C)cc(C)n2)n1. The second kappa shape index (κ2) is 8.11. The van der Waals surface area contributed by atoms with Crippen molar-refractivity contribution in [2.75, 3.05) is 18.4 Å². The lowest BCUT2D eigenvalue weighted by atomic mass is 10.1. The van der Waals surface area contributed by atoms with Crippen LogP contribution >= 0.6 is 0 Å². The molecule has 2 amide bonds. The summed E-state index contributed by atoms with van der Waals surface area (Å²) in [6.45, 7) is 5.92. The summed E-state index contributed by atoms with van der Waals surface area (Å²) in [5, 5.41) is 5.71. The van der Waals surface area contributed by atoms with Gasteiger partial charge < -0.3 is 15.5 Å². The molecule has 3 rings (SSSR count). The van der Waals surface area contributed by atoms with Crippen molar-refractivity contribution < 1.29 is 9.59 Å². The van der Waals surface area contributed by atoms with E-state index in [1.807, 2.05) is 38.1 Å². The monoisotopic (exact) mass is 368 g/mol. The van der Waals surface area contributed by atoms with E-state index in [1.54, 1.807) is 4.90 Å². The number of anilines is 2. The highest BCUT2D eigenvalue weighted by molar-refractivity contribution is 5.84. The molecule has 8 heteroatoms. The molecule has 1 unspecified atom stereocenters. The van der Waals surface area contributed by atoms with Crippen LogP contribution in [0.25, 0.3) is 0 Å². The minimum absolute atomic E-state index is 0.0141. The maximum absolute atomic E-state index is 12.4. The summed E-state index contributed by atoms with van der Waals surface area (Å²) in [6, 6.07) is 7.49. The molecule has 27 heavy (non-hydrogen) atoms. The van der Waals surface area contributed by atoms with E-state index in [4.69, 9.17) is 0 Å². The third kappa shape index (κ3) is 4.78. The standard InChI is InChI=1S/C19H24N6O2/c1-12-10-13(2)22-19(21-12)24-17-8-4-6-15(23-17)16-7-5-9-25(16)18(27)11-20-14(3)26/h4,6,8,10,16H,5,7,9,11H2,1-3H3,(H,20,26)(H,21,22,23,24). The van der Waals surface area contributed by atoms with Gasteiger partial charge in [-0.3, -0.25) is 9.59 Å². The Morgan fingerprint density at radius 3 is 2.63 bits per heavy atom. The fraction of sp³-hybridized carbons (Fsp3) is 0.421. The zero-order valence-corrected chi connectivity index (χ0v) is 15.8. The summed E-state index contributed by atoms with van der Waals surface area (Å²) in [4.78, 5) is 38.7. The van der Waals surface area contributed by atoms with E-state index in [2.05, 4.69) is 25.6 Å². The van der Waals surface area contributed by atoms with Crippen molar-refractivity contribution in [1.29, 1.82) is 0 Å². The summed E-state index contributed by atoms with van der Waals surface area (Å²) < 4.78 is 0. The summed E-state index contributed by atoms with van der Waals surface area (Å²) in [7, 11) is 0. The Bertz CT molecular complexity index is 834. The van der Waals surface area contributed by atoms with E-state index in [9.17, 15) is 9.59 Å². The third-order valence-electron chi connectivity index (χ3n) is 4.40. The molecule has 2 aromatic heterocycles. The van der Waals surface area contributed by atoms with Gasteiger partial charge in [0.15, 0.2) is 0 Å². The molecule has 0 aliphatic carbocycles. The summed E-state index contributed by atoms with van der Waals surface area (Å²) in [6.07, 6.45) is 1.76. The highest BCUT2D eigenvalue weighted by atomic mass is 16.2. The first kappa shape index (κ1) is 18.8. The summed E-state index contributed by atoms with van der Waals surface area (Å²) >= 11 is 0. The molecular weight excluding hydrogens is 344 g/mol. The van der Waals surface area contributed by atoms with Crippen LogP contribution in [0.4, 0.5) is 11.8 Å². The van der Waals surface area contributed by atoms with Gasteiger partial charge in [0.25, 0.3) is 0 Å². The maximum Gasteiger partial charge on any atom is 0.242 e. The number of likely N-dealkylation sites (tertiary alicyclic amines) is 1. The van der Waals surface area contributed by atoms with E-state index < -0.39 is 0 Å². The van der Waals surface area contributed by atoms with Crippen LogP contribution in [0.15, 0.2) is 24.3 Å². The van der Waals surface area contributed by atoms with Gasteiger partial charge in [0.1, 0.15) is 5.82 Å². The number of hydrogen-bond acceptors (Lipinski definition) is 6. The molecule has 0 aromatic carbocycles. The second-order valence-corrected chi connectivity index (χ2v) is 6.70. The van der Waals surface area contributed by atoms with Crippen molar-refractivity contribution in [3.05, 3.63) is 41.3 Å². The smallest absolute Gasteiger partial charge is 0.242 e. The van der Waals surface area contributed by atoms with E-state index in [1.165, 1.54) is 6.92 Å². The van der Waals surface area contributed by atoms with Gasteiger partial charge in [-0.15, -0.1) is 0 Å². The Hall–Kier alpha value is -3.03. The van der Waals surface area contributed by atoms with E-state index in [0.717, 1.165) is 29.9 Å². The zero-order chi connectivity index (χ0) is 19.4. The fourth-order valence-corrected chi connectivity index (χ4v) is 3.28. The normalized spacial score (nSPS) is 16.3. The Labute approximate surface area is 158 Å². The quantitative estimate of drug-likeness (QED) is 0.838. The molecule has 1 fully saturated rings. The van der Waals surface area contributed by atoms with Gasteiger partial charge in [-0.2, -0.15) is 0 Å². The molecule has 8 nitrogen and oxygen atoms in total. The van der Waals surface area contributed by atoms with Gasteiger partial charge in [-0.25, -0.2) is 15.0 Å². The number of carbonyl (C=O) groups excluding carboxylic acids is 2. The van der Waals surface area contributed by atoms with Crippen molar-refractivity contribution >= 4 is 23.6 Å².